The van der Waals surface area contributed by atoms with E-state index in [-0.39, 0.29) is 11.7 Å². The van der Waals surface area contributed by atoms with Crippen molar-refractivity contribution in [2.75, 3.05) is 5.75 Å². The molecule has 1 aromatic rings. The number of amides is 1. The number of aryl methyl sites for hydroxylation is 1. The summed E-state index contributed by atoms with van der Waals surface area (Å²) >= 11 is 1.42. The van der Waals surface area contributed by atoms with E-state index in [9.17, 15) is 10.1 Å². The van der Waals surface area contributed by atoms with Gasteiger partial charge < -0.3 is 9.88 Å². The van der Waals surface area contributed by atoms with Crippen molar-refractivity contribution in [2.24, 2.45) is 5.92 Å². The molecule has 2 saturated carbocycles. The summed E-state index contributed by atoms with van der Waals surface area (Å²) in [4.78, 5) is 12.3. The standard InChI is InChI=1S/C17H25N5OS/c1-12-20-21-16(22(12)14-6-4-3-5-7-14)24-10-15(23)19-17(2,11-18)13-8-9-13/h13-14H,3-10H2,1-2H3,(H,19,23). The largest absolute Gasteiger partial charge is 0.337 e. The van der Waals surface area contributed by atoms with Gasteiger partial charge in [-0.2, -0.15) is 5.26 Å². The summed E-state index contributed by atoms with van der Waals surface area (Å²) in [5.74, 6) is 1.38. The van der Waals surface area contributed by atoms with Crippen LogP contribution in [0.15, 0.2) is 5.16 Å². The van der Waals surface area contributed by atoms with Crippen LogP contribution in [-0.2, 0) is 4.79 Å². The second-order valence-electron chi connectivity index (χ2n) is 7.12. The molecule has 1 N–H and O–H groups in total. The van der Waals surface area contributed by atoms with Crippen molar-refractivity contribution < 1.29 is 4.79 Å². The van der Waals surface area contributed by atoms with Crippen molar-refractivity contribution >= 4 is 17.7 Å². The lowest BCUT2D eigenvalue weighted by atomic mass is 9.95. The maximum absolute atomic E-state index is 12.3. The van der Waals surface area contributed by atoms with E-state index < -0.39 is 5.54 Å². The van der Waals surface area contributed by atoms with Gasteiger partial charge in [0.1, 0.15) is 11.4 Å². The first-order valence-corrected chi connectivity index (χ1v) is 9.78. The summed E-state index contributed by atoms with van der Waals surface area (Å²) in [7, 11) is 0. The van der Waals surface area contributed by atoms with Gasteiger partial charge >= 0.3 is 0 Å². The van der Waals surface area contributed by atoms with Gasteiger partial charge in [0.25, 0.3) is 0 Å². The summed E-state index contributed by atoms with van der Waals surface area (Å²) < 4.78 is 2.20. The Bertz CT molecular complexity index is 642. The second kappa shape index (κ2) is 7.14. The molecule has 6 nitrogen and oxygen atoms in total. The van der Waals surface area contributed by atoms with Crippen molar-refractivity contribution in [3.63, 3.8) is 0 Å². The van der Waals surface area contributed by atoms with Crippen molar-refractivity contribution in [3.05, 3.63) is 5.82 Å². The molecule has 0 spiro atoms. The molecule has 0 saturated heterocycles. The number of hydrogen-bond donors (Lipinski definition) is 1. The monoisotopic (exact) mass is 347 g/mol. The number of aromatic nitrogens is 3. The number of thioether (sulfide) groups is 1. The van der Waals surface area contributed by atoms with Gasteiger partial charge in [-0.1, -0.05) is 31.0 Å². The fourth-order valence-electron chi connectivity index (χ4n) is 3.55. The highest BCUT2D eigenvalue weighted by Crippen LogP contribution is 2.39. The molecule has 1 unspecified atom stereocenters. The van der Waals surface area contributed by atoms with Crippen molar-refractivity contribution in [3.8, 4) is 6.07 Å². The first kappa shape index (κ1) is 17.3. The van der Waals surface area contributed by atoms with E-state index in [1.807, 2.05) is 13.8 Å². The Morgan fingerprint density at radius 1 is 1.33 bits per heavy atom. The van der Waals surface area contributed by atoms with E-state index >= 15 is 0 Å². The second-order valence-corrected chi connectivity index (χ2v) is 8.06. The molecule has 1 heterocycles. The van der Waals surface area contributed by atoms with Gasteiger partial charge in [-0.3, -0.25) is 4.79 Å². The number of rotatable bonds is 6. The Balaban J connectivity index is 1.60. The smallest absolute Gasteiger partial charge is 0.231 e. The van der Waals surface area contributed by atoms with Gasteiger partial charge in [-0.25, -0.2) is 0 Å². The van der Waals surface area contributed by atoms with Gasteiger partial charge in [0.05, 0.1) is 11.8 Å². The Morgan fingerprint density at radius 3 is 2.67 bits per heavy atom. The number of nitrogens with zero attached hydrogens (tertiary/aromatic N) is 4. The molecule has 130 valence electrons. The number of hydrogen-bond acceptors (Lipinski definition) is 5. The fraction of sp³-hybridized carbons (Fsp3) is 0.765. The third kappa shape index (κ3) is 3.75. The highest BCUT2D eigenvalue weighted by atomic mass is 32.2. The normalized spacial score (nSPS) is 21.0. The first-order valence-electron chi connectivity index (χ1n) is 8.80. The SMILES string of the molecule is Cc1nnc(SCC(=O)NC(C)(C#N)C2CC2)n1C1CCCCC1. The minimum atomic E-state index is -0.732. The van der Waals surface area contributed by atoms with Crippen LogP contribution in [0.3, 0.4) is 0 Å². The van der Waals surface area contributed by atoms with Crippen molar-refractivity contribution in [1.82, 2.24) is 20.1 Å². The third-order valence-corrected chi connectivity index (χ3v) is 6.08. The molecule has 2 aliphatic carbocycles. The lowest BCUT2D eigenvalue weighted by Crippen LogP contribution is -2.47. The Morgan fingerprint density at radius 2 is 2.04 bits per heavy atom. The van der Waals surface area contributed by atoms with Crippen LogP contribution in [-0.4, -0.2) is 32.0 Å². The van der Waals surface area contributed by atoms with Crippen LogP contribution < -0.4 is 5.32 Å². The molecule has 2 fully saturated rings. The molecule has 0 bridgehead atoms. The Labute approximate surface area is 147 Å². The van der Waals surface area contributed by atoms with Gasteiger partial charge in [-0.05, 0) is 45.4 Å². The zero-order valence-electron chi connectivity index (χ0n) is 14.4. The van der Waals surface area contributed by atoms with Crippen LogP contribution in [0.2, 0.25) is 0 Å². The van der Waals surface area contributed by atoms with E-state index in [1.54, 1.807) is 0 Å². The quantitative estimate of drug-likeness (QED) is 0.800. The molecule has 0 radical (unpaired) electrons. The Hall–Kier alpha value is -1.55. The highest BCUT2D eigenvalue weighted by Gasteiger charge is 2.43. The predicted molar refractivity (Wildman–Crippen MR) is 92.5 cm³/mol. The molecule has 1 atom stereocenters. The van der Waals surface area contributed by atoms with Gasteiger partial charge in [0, 0.05) is 6.04 Å². The molecule has 2 aliphatic rings. The van der Waals surface area contributed by atoms with Crippen molar-refractivity contribution in [1.29, 1.82) is 5.26 Å². The maximum Gasteiger partial charge on any atom is 0.231 e. The molecule has 7 heteroatoms. The lowest BCUT2D eigenvalue weighted by molar-refractivity contribution is -0.119. The van der Waals surface area contributed by atoms with E-state index in [1.165, 1.54) is 31.0 Å². The summed E-state index contributed by atoms with van der Waals surface area (Å²) in [6.07, 6.45) is 8.15. The minimum absolute atomic E-state index is 0.105. The molecule has 0 aromatic carbocycles. The van der Waals surface area contributed by atoms with E-state index in [4.69, 9.17) is 0 Å². The highest BCUT2D eigenvalue weighted by molar-refractivity contribution is 7.99. The topological polar surface area (TPSA) is 83.6 Å². The van der Waals surface area contributed by atoms with E-state index in [0.29, 0.717) is 12.0 Å². The molecule has 3 rings (SSSR count). The molecule has 1 aromatic heterocycles. The van der Waals surface area contributed by atoms with Crippen LogP contribution in [0.1, 0.15) is 63.7 Å². The van der Waals surface area contributed by atoms with E-state index in [2.05, 4.69) is 26.2 Å². The van der Waals surface area contributed by atoms with E-state index in [0.717, 1.165) is 36.7 Å². The zero-order valence-corrected chi connectivity index (χ0v) is 15.2. The summed E-state index contributed by atoms with van der Waals surface area (Å²) in [6, 6.07) is 2.72. The average molecular weight is 347 g/mol. The molecule has 0 aliphatic heterocycles. The third-order valence-electron chi connectivity index (χ3n) is 5.13. The summed E-state index contributed by atoms with van der Waals surface area (Å²) in [6.45, 7) is 3.80. The van der Waals surface area contributed by atoms with Gasteiger partial charge in [0.2, 0.25) is 5.91 Å². The first-order chi connectivity index (χ1) is 11.5. The minimum Gasteiger partial charge on any atom is -0.337 e. The van der Waals surface area contributed by atoms with Crippen LogP contribution in [0, 0.1) is 24.2 Å². The number of carbonyl (C=O) groups excluding carboxylic acids is 1. The number of nitrogens with one attached hydrogen (secondary N) is 1. The van der Waals surface area contributed by atoms with Crippen LogP contribution in [0.25, 0.3) is 0 Å². The number of carbonyl (C=O) groups is 1. The van der Waals surface area contributed by atoms with Crippen LogP contribution >= 0.6 is 11.8 Å². The summed E-state index contributed by atoms with van der Waals surface area (Å²) in [5, 5.41) is 21.5. The lowest BCUT2D eigenvalue weighted by Gasteiger charge is -2.25. The molecule has 24 heavy (non-hydrogen) atoms. The summed E-state index contributed by atoms with van der Waals surface area (Å²) in [5.41, 5.74) is -0.732. The number of nitriles is 1. The zero-order chi connectivity index (χ0) is 17.2. The molecular weight excluding hydrogens is 322 g/mol. The fourth-order valence-corrected chi connectivity index (χ4v) is 4.40. The molecule has 1 amide bonds. The average Bonchev–Trinajstić information content (AvgIpc) is 3.38. The Kier molecular flexibility index (Phi) is 5.14. The van der Waals surface area contributed by atoms with Gasteiger partial charge in [0.15, 0.2) is 5.16 Å². The van der Waals surface area contributed by atoms with Gasteiger partial charge in [-0.15, -0.1) is 10.2 Å². The van der Waals surface area contributed by atoms with Crippen LogP contribution in [0.4, 0.5) is 0 Å². The predicted octanol–water partition coefficient (Wildman–Crippen LogP) is 2.99. The molecular formula is C17H25N5OS. The maximum atomic E-state index is 12.3. The van der Waals surface area contributed by atoms with Crippen molar-refractivity contribution in [2.45, 2.75) is 75.5 Å². The van der Waals surface area contributed by atoms with Crippen LogP contribution in [0.5, 0.6) is 0 Å².